The molecule has 4 nitrogen and oxygen atoms in total. The fraction of sp³-hybridized carbons (Fsp3) is 0.167. The molecule has 2 aromatic heterocycles. The monoisotopic (exact) mass is 216 g/mol. The summed E-state index contributed by atoms with van der Waals surface area (Å²) in [7, 11) is 0. The molecule has 4 heteroatoms. The molecule has 0 saturated carbocycles. The van der Waals surface area contributed by atoms with Crippen LogP contribution in [0.25, 0.3) is 5.65 Å². The molecule has 0 aromatic carbocycles. The van der Waals surface area contributed by atoms with Crippen LogP contribution in [0.5, 0.6) is 5.88 Å². The quantitative estimate of drug-likeness (QED) is 0.773. The molecular formula is C12H12N2O2. The fourth-order valence-electron chi connectivity index (χ4n) is 1.68. The molecule has 0 bridgehead atoms. The summed E-state index contributed by atoms with van der Waals surface area (Å²) in [5.41, 5.74) is 1.29. The Morgan fingerprint density at radius 3 is 3.00 bits per heavy atom. The lowest BCUT2D eigenvalue weighted by atomic mass is 10.2. The van der Waals surface area contributed by atoms with Crippen molar-refractivity contribution in [1.82, 2.24) is 9.38 Å². The van der Waals surface area contributed by atoms with E-state index < -0.39 is 0 Å². The summed E-state index contributed by atoms with van der Waals surface area (Å²) in [6.07, 6.45) is 1.89. The topological polar surface area (TPSA) is 54.6 Å². The van der Waals surface area contributed by atoms with E-state index in [1.807, 2.05) is 13.0 Å². The number of pyridine rings is 1. The minimum atomic E-state index is -0.236. The highest BCUT2D eigenvalue weighted by Gasteiger charge is 2.11. The van der Waals surface area contributed by atoms with Crippen molar-refractivity contribution in [2.45, 2.75) is 13.3 Å². The summed E-state index contributed by atoms with van der Waals surface area (Å²) in [6.45, 7) is 5.38. The SMILES string of the molecule is C=CCc1c(O)nc2cccc(C)n2c1=O. The zero-order valence-electron chi connectivity index (χ0n) is 8.97. The molecule has 0 radical (unpaired) electrons. The maximum atomic E-state index is 12.1. The van der Waals surface area contributed by atoms with Crippen molar-refractivity contribution >= 4 is 5.65 Å². The molecular weight excluding hydrogens is 204 g/mol. The molecule has 2 heterocycles. The van der Waals surface area contributed by atoms with Crippen LogP contribution in [-0.2, 0) is 6.42 Å². The lowest BCUT2D eigenvalue weighted by Gasteiger charge is -2.07. The molecule has 0 aliphatic carbocycles. The Kier molecular flexibility index (Phi) is 2.48. The van der Waals surface area contributed by atoms with Gasteiger partial charge in [0.05, 0.1) is 5.56 Å². The number of nitrogens with zero attached hydrogens (tertiary/aromatic N) is 2. The number of aromatic nitrogens is 2. The van der Waals surface area contributed by atoms with Gasteiger partial charge in [0, 0.05) is 12.1 Å². The Morgan fingerprint density at radius 2 is 2.31 bits per heavy atom. The summed E-state index contributed by atoms with van der Waals surface area (Å²) in [5, 5.41) is 9.64. The minimum absolute atomic E-state index is 0.212. The van der Waals surface area contributed by atoms with Gasteiger partial charge in [0.25, 0.3) is 5.56 Å². The third-order valence-corrected chi connectivity index (χ3v) is 2.46. The average Bonchev–Trinajstić information content (AvgIpc) is 2.24. The standard InChI is InChI=1S/C12H12N2O2/c1-3-5-9-11(15)13-10-7-4-6-8(2)14(10)12(9)16/h3-4,6-7,15H,1,5H2,2H3. The van der Waals surface area contributed by atoms with Crippen molar-refractivity contribution < 1.29 is 5.11 Å². The lowest BCUT2D eigenvalue weighted by Crippen LogP contribution is -2.21. The molecule has 16 heavy (non-hydrogen) atoms. The smallest absolute Gasteiger partial charge is 0.265 e. The number of hydrogen-bond acceptors (Lipinski definition) is 3. The van der Waals surface area contributed by atoms with E-state index in [2.05, 4.69) is 11.6 Å². The summed E-state index contributed by atoms with van der Waals surface area (Å²) >= 11 is 0. The molecule has 0 aliphatic rings. The van der Waals surface area contributed by atoms with Crippen molar-refractivity contribution in [3.05, 3.63) is 52.5 Å². The Labute approximate surface area is 92.5 Å². The van der Waals surface area contributed by atoms with E-state index in [0.717, 1.165) is 5.69 Å². The predicted molar refractivity (Wildman–Crippen MR) is 61.8 cm³/mol. The first-order chi connectivity index (χ1) is 7.65. The van der Waals surface area contributed by atoms with Gasteiger partial charge in [-0.05, 0) is 19.1 Å². The van der Waals surface area contributed by atoms with Gasteiger partial charge in [0.1, 0.15) is 5.65 Å². The first-order valence-electron chi connectivity index (χ1n) is 4.96. The summed E-state index contributed by atoms with van der Waals surface area (Å²) < 4.78 is 1.48. The minimum Gasteiger partial charge on any atom is -0.493 e. The van der Waals surface area contributed by atoms with E-state index in [1.165, 1.54) is 4.40 Å². The van der Waals surface area contributed by atoms with Crippen LogP contribution in [0.2, 0.25) is 0 Å². The van der Waals surface area contributed by atoms with Crippen molar-refractivity contribution in [2.24, 2.45) is 0 Å². The van der Waals surface area contributed by atoms with Gasteiger partial charge in [0.15, 0.2) is 0 Å². The maximum Gasteiger partial charge on any atom is 0.265 e. The van der Waals surface area contributed by atoms with Crippen LogP contribution in [-0.4, -0.2) is 14.5 Å². The van der Waals surface area contributed by atoms with Crippen LogP contribution < -0.4 is 5.56 Å². The highest BCUT2D eigenvalue weighted by Crippen LogP contribution is 2.12. The lowest BCUT2D eigenvalue weighted by molar-refractivity contribution is 0.446. The molecule has 0 spiro atoms. The largest absolute Gasteiger partial charge is 0.493 e. The second-order valence-electron chi connectivity index (χ2n) is 3.57. The summed E-state index contributed by atoms with van der Waals surface area (Å²) in [5.74, 6) is -0.212. The Bertz CT molecular complexity index is 614. The highest BCUT2D eigenvalue weighted by atomic mass is 16.3. The Morgan fingerprint density at radius 1 is 1.56 bits per heavy atom. The Hall–Kier alpha value is -2.10. The average molecular weight is 216 g/mol. The van der Waals surface area contributed by atoms with E-state index in [4.69, 9.17) is 0 Å². The molecule has 0 saturated heterocycles. The number of hydrogen-bond donors (Lipinski definition) is 1. The van der Waals surface area contributed by atoms with Gasteiger partial charge in [-0.25, -0.2) is 0 Å². The van der Waals surface area contributed by atoms with E-state index in [9.17, 15) is 9.90 Å². The van der Waals surface area contributed by atoms with E-state index in [0.29, 0.717) is 12.1 Å². The number of rotatable bonds is 2. The second-order valence-corrected chi connectivity index (χ2v) is 3.57. The molecule has 0 fully saturated rings. The first kappa shape index (κ1) is 10.4. The van der Waals surface area contributed by atoms with Gasteiger partial charge < -0.3 is 5.11 Å². The molecule has 2 aromatic rings. The number of fused-ring (bicyclic) bond motifs is 1. The first-order valence-corrected chi connectivity index (χ1v) is 4.96. The van der Waals surface area contributed by atoms with Gasteiger partial charge in [-0.2, -0.15) is 4.98 Å². The predicted octanol–water partition coefficient (Wildman–Crippen LogP) is 1.44. The molecule has 1 N–H and O–H groups in total. The van der Waals surface area contributed by atoms with E-state index >= 15 is 0 Å². The zero-order valence-corrected chi connectivity index (χ0v) is 8.97. The van der Waals surface area contributed by atoms with Crippen LogP contribution in [0.3, 0.4) is 0 Å². The summed E-state index contributed by atoms with van der Waals surface area (Å²) in [6, 6.07) is 5.31. The number of aromatic hydroxyl groups is 1. The fourth-order valence-corrected chi connectivity index (χ4v) is 1.68. The van der Waals surface area contributed by atoms with E-state index in [1.54, 1.807) is 18.2 Å². The molecule has 82 valence electrons. The normalized spacial score (nSPS) is 10.6. The molecule has 2 rings (SSSR count). The van der Waals surface area contributed by atoms with Gasteiger partial charge >= 0.3 is 0 Å². The van der Waals surface area contributed by atoms with Crippen molar-refractivity contribution in [3.63, 3.8) is 0 Å². The van der Waals surface area contributed by atoms with Crippen LogP contribution >= 0.6 is 0 Å². The molecule has 0 unspecified atom stereocenters. The van der Waals surface area contributed by atoms with Crippen LogP contribution in [0, 0.1) is 6.92 Å². The number of aryl methyl sites for hydroxylation is 1. The third-order valence-electron chi connectivity index (χ3n) is 2.46. The van der Waals surface area contributed by atoms with Gasteiger partial charge in [0.2, 0.25) is 5.88 Å². The van der Waals surface area contributed by atoms with Crippen molar-refractivity contribution in [1.29, 1.82) is 0 Å². The molecule has 0 atom stereocenters. The van der Waals surface area contributed by atoms with Crippen LogP contribution in [0.1, 0.15) is 11.3 Å². The Balaban J connectivity index is 2.91. The zero-order chi connectivity index (χ0) is 11.7. The van der Waals surface area contributed by atoms with Crippen LogP contribution in [0.4, 0.5) is 0 Å². The van der Waals surface area contributed by atoms with Crippen molar-refractivity contribution in [2.75, 3.05) is 0 Å². The number of allylic oxidation sites excluding steroid dienone is 1. The highest BCUT2D eigenvalue weighted by molar-refractivity contribution is 5.44. The second kappa shape index (κ2) is 3.81. The molecule has 0 amide bonds. The van der Waals surface area contributed by atoms with E-state index in [-0.39, 0.29) is 17.0 Å². The maximum absolute atomic E-state index is 12.1. The van der Waals surface area contributed by atoms with Gasteiger partial charge in [-0.3, -0.25) is 9.20 Å². The van der Waals surface area contributed by atoms with Gasteiger partial charge in [-0.1, -0.05) is 12.1 Å². The van der Waals surface area contributed by atoms with Crippen LogP contribution in [0.15, 0.2) is 35.6 Å². The third kappa shape index (κ3) is 1.48. The summed E-state index contributed by atoms with van der Waals surface area (Å²) in [4.78, 5) is 16.1. The van der Waals surface area contributed by atoms with Gasteiger partial charge in [-0.15, -0.1) is 6.58 Å². The van der Waals surface area contributed by atoms with Crippen molar-refractivity contribution in [3.8, 4) is 5.88 Å². The molecule has 0 aliphatic heterocycles.